The summed E-state index contributed by atoms with van der Waals surface area (Å²) >= 11 is 0. The number of allylic oxidation sites excluding steroid dienone is 3. The Labute approximate surface area is 432 Å². The Kier molecular flexibility index (Phi) is 58.4. The van der Waals surface area contributed by atoms with E-state index in [1.807, 2.05) is 6.08 Å². The molecule has 3 atom stereocenters. The van der Waals surface area contributed by atoms with Crippen LogP contribution in [0, 0.1) is 0 Å². The zero-order valence-electron chi connectivity index (χ0n) is 47.0. The maximum absolute atomic E-state index is 12.6. The second-order valence-corrected chi connectivity index (χ2v) is 22.0. The molecule has 3 unspecified atom stereocenters. The van der Waals surface area contributed by atoms with Crippen LogP contribution in [0.25, 0.3) is 0 Å². The fraction of sp³-hybridized carbons (Fsp3) is 0.922. The monoisotopic (exact) mass is 972 g/mol. The largest absolute Gasteiger partial charge is 0.394 e. The molecule has 0 aliphatic rings. The molecule has 5 nitrogen and oxygen atoms in total. The van der Waals surface area contributed by atoms with E-state index in [1.165, 1.54) is 295 Å². The molecule has 0 radical (unpaired) electrons. The van der Waals surface area contributed by atoms with Crippen molar-refractivity contribution in [2.45, 2.75) is 372 Å². The molecule has 0 fully saturated rings. The van der Waals surface area contributed by atoms with Crippen molar-refractivity contribution in [2.24, 2.45) is 0 Å². The highest BCUT2D eigenvalue weighted by atomic mass is 16.3. The van der Waals surface area contributed by atoms with Crippen molar-refractivity contribution in [1.29, 1.82) is 0 Å². The Morgan fingerprint density at radius 3 is 0.884 bits per heavy atom. The number of carbonyl (C=O) groups is 1. The van der Waals surface area contributed by atoms with E-state index in [2.05, 4.69) is 31.3 Å². The molecule has 0 aromatic rings. The summed E-state index contributed by atoms with van der Waals surface area (Å²) < 4.78 is 0. The number of hydrogen-bond donors (Lipinski definition) is 4. The number of unbranched alkanes of at least 4 members (excludes halogenated alkanes) is 49. The van der Waals surface area contributed by atoms with Crippen molar-refractivity contribution in [1.82, 2.24) is 5.32 Å². The number of amides is 1. The second kappa shape index (κ2) is 59.4. The number of carbonyl (C=O) groups excluding carboxylic acids is 1. The van der Waals surface area contributed by atoms with Gasteiger partial charge in [0.2, 0.25) is 5.91 Å². The Morgan fingerprint density at radius 1 is 0.348 bits per heavy atom. The molecule has 0 rings (SSSR count). The van der Waals surface area contributed by atoms with Crippen molar-refractivity contribution >= 4 is 5.91 Å². The molecule has 0 bridgehead atoms. The average molecular weight is 973 g/mol. The van der Waals surface area contributed by atoms with E-state index in [9.17, 15) is 20.1 Å². The highest BCUT2D eigenvalue weighted by Gasteiger charge is 2.22. The lowest BCUT2D eigenvalue weighted by atomic mass is 10.0. The normalized spacial score (nSPS) is 13.3. The molecule has 0 saturated heterocycles. The van der Waals surface area contributed by atoms with Gasteiger partial charge in [-0.1, -0.05) is 346 Å². The van der Waals surface area contributed by atoms with Crippen molar-refractivity contribution in [3.05, 3.63) is 24.3 Å². The van der Waals surface area contributed by atoms with Gasteiger partial charge in [0.25, 0.3) is 0 Å². The van der Waals surface area contributed by atoms with E-state index < -0.39 is 24.2 Å². The van der Waals surface area contributed by atoms with Crippen LogP contribution in [-0.2, 0) is 4.79 Å². The molecule has 0 aromatic heterocycles. The fourth-order valence-electron chi connectivity index (χ4n) is 10.1. The third-order valence-electron chi connectivity index (χ3n) is 15.0. The van der Waals surface area contributed by atoms with Gasteiger partial charge in [-0.3, -0.25) is 4.79 Å². The quantitative estimate of drug-likeness (QED) is 0.0361. The van der Waals surface area contributed by atoms with Crippen LogP contribution >= 0.6 is 0 Å². The standard InChI is InChI=1S/C64H125NO4/c1-3-5-7-9-11-13-15-17-19-21-23-25-26-27-28-29-30-31-32-33-34-35-36-37-39-41-43-45-47-49-51-53-55-57-59-63(68)64(69)65-61(60-66)62(67)58-56-54-52-50-48-46-44-42-40-38-24-22-20-18-16-14-12-10-8-6-4-2/h48,50,56,58,61-63,66-68H,3-47,49,51-55,57,59-60H2,1-2H3,(H,65,69)/b50-48+,58-56+. The van der Waals surface area contributed by atoms with Crippen molar-refractivity contribution in [2.75, 3.05) is 6.61 Å². The summed E-state index contributed by atoms with van der Waals surface area (Å²) in [5.41, 5.74) is 0. The average Bonchev–Trinajstić information content (AvgIpc) is 3.35. The van der Waals surface area contributed by atoms with E-state index in [0.29, 0.717) is 6.42 Å². The van der Waals surface area contributed by atoms with Crippen molar-refractivity contribution < 1.29 is 20.1 Å². The van der Waals surface area contributed by atoms with Gasteiger partial charge < -0.3 is 20.6 Å². The fourth-order valence-corrected chi connectivity index (χ4v) is 10.1. The molecule has 0 aliphatic carbocycles. The van der Waals surface area contributed by atoms with Gasteiger partial charge >= 0.3 is 0 Å². The molecule has 0 aromatic carbocycles. The summed E-state index contributed by atoms with van der Waals surface area (Å²) in [6.45, 7) is 4.22. The van der Waals surface area contributed by atoms with Crippen molar-refractivity contribution in [3.8, 4) is 0 Å². The molecule has 69 heavy (non-hydrogen) atoms. The van der Waals surface area contributed by atoms with Crippen molar-refractivity contribution in [3.63, 3.8) is 0 Å². The lowest BCUT2D eigenvalue weighted by Gasteiger charge is -2.21. The zero-order chi connectivity index (χ0) is 50.0. The first-order chi connectivity index (χ1) is 34.1. The minimum atomic E-state index is -1.10. The summed E-state index contributed by atoms with van der Waals surface area (Å²) in [7, 11) is 0. The number of nitrogens with one attached hydrogen (secondary N) is 1. The van der Waals surface area contributed by atoms with Gasteiger partial charge in [0.1, 0.15) is 6.10 Å². The molecular formula is C64H125NO4. The molecule has 410 valence electrons. The van der Waals surface area contributed by atoms with Crippen LogP contribution in [0.2, 0.25) is 0 Å². The minimum Gasteiger partial charge on any atom is -0.394 e. The predicted octanol–water partition coefficient (Wildman–Crippen LogP) is 20.0. The number of hydrogen-bond acceptors (Lipinski definition) is 4. The Morgan fingerprint density at radius 2 is 0.594 bits per heavy atom. The van der Waals surface area contributed by atoms with E-state index in [-0.39, 0.29) is 6.61 Å². The first-order valence-electron chi connectivity index (χ1n) is 31.7. The molecule has 5 heteroatoms. The van der Waals surface area contributed by atoms with Crippen LogP contribution in [0.3, 0.4) is 0 Å². The van der Waals surface area contributed by atoms with E-state index in [1.54, 1.807) is 6.08 Å². The smallest absolute Gasteiger partial charge is 0.249 e. The molecule has 0 heterocycles. The van der Waals surface area contributed by atoms with Crippen LogP contribution in [0.15, 0.2) is 24.3 Å². The minimum absolute atomic E-state index is 0.372. The number of rotatable bonds is 59. The van der Waals surface area contributed by atoms with Gasteiger partial charge in [-0.15, -0.1) is 0 Å². The van der Waals surface area contributed by atoms with E-state index >= 15 is 0 Å². The van der Waals surface area contributed by atoms with E-state index in [0.717, 1.165) is 38.5 Å². The molecule has 4 N–H and O–H groups in total. The lowest BCUT2D eigenvalue weighted by molar-refractivity contribution is -0.131. The van der Waals surface area contributed by atoms with E-state index in [4.69, 9.17) is 0 Å². The Hall–Kier alpha value is -1.17. The highest BCUT2D eigenvalue weighted by molar-refractivity contribution is 5.80. The first kappa shape index (κ1) is 67.8. The molecule has 0 spiro atoms. The van der Waals surface area contributed by atoms with Gasteiger partial charge in [-0.05, 0) is 32.1 Å². The third-order valence-corrected chi connectivity index (χ3v) is 15.0. The number of aliphatic hydroxyl groups is 3. The van der Waals surface area contributed by atoms with Crippen LogP contribution < -0.4 is 5.32 Å². The summed E-state index contributed by atoms with van der Waals surface area (Å²) in [6.07, 6.45) is 77.3. The van der Waals surface area contributed by atoms with Gasteiger partial charge in [-0.2, -0.15) is 0 Å². The third kappa shape index (κ3) is 54.4. The maximum atomic E-state index is 12.6. The van der Waals surface area contributed by atoms with Gasteiger partial charge in [0, 0.05) is 0 Å². The first-order valence-corrected chi connectivity index (χ1v) is 31.7. The van der Waals surface area contributed by atoms with Crippen LogP contribution in [-0.4, -0.2) is 46.1 Å². The Balaban J connectivity index is 3.50. The summed E-state index contributed by atoms with van der Waals surface area (Å²) in [4.78, 5) is 12.6. The molecule has 1 amide bonds. The number of aliphatic hydroxyl groups excluding tert-OH is 3. The topological polar surface area (TPSA) is 89.8 Å². The van der Waals surface area contributed by atoms with Crippen LogP contribution in [0.1, 0.15) is 354 Å². The van der Waals surface area contributed by atoms with Crippen LogP contribution in [0.5, 0.6) is 0 Å². The van der Waals surface area contributed by atoms with Gasteiger partial charge in [0.15, 0.2) is 0 Å². The molecule has 0 aliphatic heterocycles. The molecular weight excluding hydrogens is 847 g/mol. The van der Waals surface area contributed by atoms with Gasteiger partial charge in [0.05, 0.1) is 18.8 Å². The van der Waals surface area contributed by atoms with Crippen LogP contribution in [0.4, 0.5) is 0 Å². The molecule has 0 saturated carbocycles. The highest BCUT2D eigenvalue weighted by Crippen LogP contribution is 2.19. The maximum Gasteiger partial charge on any atom is 0.249 e. The SMILES string of the molecule is CCCCCCCCCCCCCCCCC/C=C/CC/C=C/C(O)C(CO)NC(=O)C(O)CCCCCCCCCCCCCCCCCCCCCCCCCCCCCCCCCCCC. The zero-order valence-corrected chi connectivity index (χ0v) is 47.0. The van der Waals surface area contributed by atoms with Gasteiger partial charge in [-0.25, -0.2) is 0 Å². The second-order valence-electron chi connectivity index (χ2n) is 22.0. The lowest BCUT2D eigenvalue weighted by Crippen LogP contribution is -2.48. The summed E-state index contributed by atoms with van der Waals surface area (Å²) in [5.74, 6) is -0.505. The summed E-state index contributed by atoms with van der Waals surface area (Å²) in [5, 5.41) is 33.4. The summed E-state index contributed by atoms with van der Waals surface area (Å²) in [6, 6.07) is -0.813. The Bertz CT molecular complexity index is 1030. The predicted molar refractivity (Wildman–Crippen MR) is 305 cm³/mol.